The van der Waals surface area contributed by atoms with Crippen LogP contribution < -0.4 is 10.6 Å². The number of anilines is 1. The topological polar surface area (TPSA) is 98.7 Å². The number of benzene rings is 1. The number of amides is 3. The van der Waals surface area contributed by atoms with Crippen LogP contribution >= 0.6 is 0 Å². The number of carbonyl (C=O) groups excluding carboxylic acids is 2. The molecule has 2 aliphatic rings. The average Bonchev–Trinajstić information content (AvgIpc) is 3.38. The molecule has 0 radical (unpaired) electrons. The molecule has 25 heavy (non-hydrogen) atoms. The van der Waals surface area contributed by atoms with Crippen molar-refractivity contribution in [3.05, 3.63) is 29.8 Å². The molecular formula is C18H23N3O4. The summed E-state index contributed by atoms with van der Waals surface area (Å²) in [6, 6.07) is 6.73. The van der Waals surface area contributed by atoms with Crippen LogP contribution in [0, 0.1) is 5.92 Å². The molecule has 1 saturated carbocycles. The molecule has 1 aromatic carbocycles. The van der Waals surface area contributed by atoms with Crippen LogP contribution in [-0.2, 0) is 4.79 Å². The summed E-state index contributed by atoms with van der Waals surface area (Å²) in [6.07, 6.45) is 3.26. The quantitative estimate of drug-likeness (QED) is 0.780. The molecule has 1 aliphatic carbocycles. The molecule has 7 heteroatoms. The van der Waals surface area contributed by atoms with E-state index in [1.807, 2.05) is 6.92 Å². The molecule has 1 saturated heterocycles. The van der Waals surface area contributed by atoms with Gasteiger partial charge in [0, 0.05) is 29.9 Å². The third-order valence-corrected chi connectivity index (χ3v) is 4.77. The van der Waals surface area contributed by atoms with Gasteiger partial charge >= 0.3 is 12.0 Å². The molecule has 1 heterocycles. The summed E-state index contributed by atoms with van der Waals surface area (Å²) < 4.78 is 0. The predicted molar refractivity (Wildman–Crippen MR) is 92.5 cm³/mol. The van der Waals surface area contributed by atoms with E-state index >= 15 is 0 Å². The maximum Gasteiger partial charge on any atom is 0.319 e. The van der Waals surface area contributed by atoms with E-state index in [1.54, 1.807) is 29.2 Å². The van der Waals surface area contributed by atoms with Gasteiger partial charge in [-0.25, -0.2) is 4.79 Å². The van der Waals surface area contributed by atoms with E-state index in [1.165, 1.54) is 0 Å². The van der Waals surface area contributed by atoms with E-state index in [-0.39, 0.29) is 30.6 Å². The number of urea groups is 1. The number of nitrogens with zero attached hydrogens (tertiary/aromatic N) is 1. The highest BCUT2D eigenvalue weighted by Gasteiger charge is 2.33. The second-order valence-corrected chi connectivity index (χ2v) is 6.87. The van der Waals surface area contributed by atoms with Crippen LogP contribution in [0.15, 0.2) is 24.3 Å². The summed E-state index contributed by atoms with van der Waals surface area (Å²) in [5.41, 5.74) is 0.991. The minimum atomic E-state index is -0.864. The summed E-state index contributed by atoms with van der Waals surface area (Å²) in [4.78, 5) is 37.5. The zero-order valence-electron chi connectivity index (χ0n) is 14.2. The molecule has 1 aromatic rings. The lowest BCUT2D eigenvalue weighted by atomic mass is 9.93. The number of aliphatic carboxylic acids is 1. The molecule has 3 N–H and O–H groups in total. The molecule has 0 aromatic heterocycles. The third kappa shape index (κ3) is 4.29. The summed E-state index contributed by atoms with van der Waals surface area (Å²) in [5, 5.41) is 14.8. The van der Waals surface area contributed by atoms with E-state index in [0.717, 1.165) is 12.8 Å². The Morgan fingerprint density at radius 2 is 1.92 bits per heavy atom. The van der Waals surface area contributed by atoms with Crippen molar-refractivity contribution in [2.24, 2.45) is 5.92 Å². The number of rotatable bonds is 4. The van der Waals surface area contributed by atoms with Crippen molar-refractivity contribution in [3.63, 3.8) is 0 Å². The van der Waals surface area contributed by atoms with E-state index in [4.69, 9.17) is 0 Å². The first-order valence-electron chi connectivity index (χ1n) is 8.65. The van der Waals surface area contributed by atoms with Gasteiger partial charge in [0.2, 0.25) is 0 Å². The molecule has 1 aliphatic heterocycles. The van der Waals surface area contributed by atoms with Gasteiger partial charge in [0.25, 0.3) is 5.91 Å². The second kappa shape index (κ2) is 7.13. The Balaban J connectivity index is 1.69. The molecule has 7 nitrogen and oxygen atoms in total. The van der Waals surface area contributed by atoms with Crippen molar-refractivity contribution in [1.82, 2.24) is 10.2 Å². The van der Waals surface area contributed by atoms with Crippen LogP contribution in [-0.4, -0.2) is 46.5 Å². The zero-order chi connectivity index (χ0) is 18.0. The van der Waals surface area contributed by atoms with E-state index in [9.17, 15) is 19.5 Å². The van der Waals surface area contributed by atoms with Crippen LogP contribution in [0.25, 0.3) is 0 Å². The maximum atomic E-state index is 12.8. The summed E-state index contributed by atoms with van der Waals surface area (Å²) >= 11 is 0. The number of hydrogen-bond acceptors (Lipinski definition) is 3. The van der Waals surface area contributed by atoms with Crippen molar-refractivity contribution < 1.29 is 19.5 Å². The van der Waals surface area contributed by atoms with Crippen LogP contribution in [0.5, 0.6) is 0 Å². The Bertz CT molecular complexity index is 687. The van der Waals surface area contributed by atoms with Crippen LogP contribution in [0.2, 0.25) is 0 Å². The summed E-state index contributed by atoms with van der Waals surface area (Å²) in [7, 11) is 0. The number of nitrogens with one attached hydrogen (secondary N) is 2. The van der Waals surface area contributed by atoms with Crippen molar-refractivity contribution in [1.29, 1.82) is 0 Å². The fourth-order valence-electron chi connectivity index (χ4n) is 3.07. The number of piperidine rings is 1. The molecule has 2 unspecified atom stereocenters. The van der Waals surface area contributed by atoms with Gasteiger partial charge in [0.15, 0.2) is 0 Å². The van der Waals surface area contributed by atoms with E-state index in [2.05, 4.69) is 10.6 Å². The molecule has 3 amide bonds. The molecule has 134 valence electrons. The number of likely N-dealkylation sites (tertiary alicyclic amines) is 1. The standard InChI is InChI=1S/C18H23N3O4/c1-11-5-6-13(17(23)24)10-21(11)16(22)12-3-2-4-15(9-12)20-18(25)19-14-7-8-14/h2-4,9,11,13-14H,5-8,10H2,1H3,(H,23,24)(H2,19,20,25). The highest BCUT2D eigenvalue weighted by Crippen LogP contribution is 2.25. The SMILES string of the molecule is CC1CCC(C(=O)O)CN1C(=O)c1cccc(NC(=O)NC2CC2)c1. The van der Waals surface area contributed by atoms with Crippen molar-refractivity contribution in [3.8, 4) is 0 Å². The molecule has 0 spiro atoms. The maximum absolute atomic E-state index is 12.8. The highest BCUT2D eigenvalue weighted by atomic mass is 16.4. The smallest absolute Gasteiger partial charge is 0.319 e. The average molecular weight is 345 g/mol. The minimum Gasteiger partial charge on any atom is -0.481 e. The van der Waals surface area contributed by atoms with Crippen molar-refractivity contribution >= 4 is 23.6 Å². The van der Waals surface area contributed by atoms with Gasteiger partial charge in [0.1, 0.15) is 0 Å². The first-order valence-corrected chi connectivity index (χ1v) is 8.65. The molecular weight excluding hydrogens is 322 g/mol. The minimum absolute atomic E-state index is 0.00196. The molecule has 2 fully saturated rings. The highest BCUT2D eigenvalue weighted by molar-refractivity contribution is 5.97. The van der Waals surface area contributed by atoms with Crippen LogP contribution in [0.4, 0.5) is 10.5 Å². The normalized spacial score (nSPS) is 23.0. The lowest BCUT2D eigenvalue weighted by Crippen LogP contribution is -2.47. The first-order chi connectivity index (χ1) is 11.9. The van der Waals surface area contributed by atoms with Gasteiger partial charge in [-0.3, -0.25) is 9.59 Å². The summed E-state index contributed by atoms with van der Waals surface area (Å²) in [6.45, 7) is 2.15. The Morgan fingerprint density at radius 3 is 2.60 bits per heavy atom. The van der Waals surface area contributed by atoms with Gasteiger partial charge in [0.05, 0.1) is 5.92 Å². The zero-order valence-corrected chi connectivity index (χ0v) is 14.2. The Morgan fingerprint density at radius 1 is 1.16 bits per heavy atom. The van der Waals surface area contributed by atoms with Crippen LogP contribution in [0.1, 0.15) is 43.0 Å². The predicted octanol–water partition coefficient (Wildman–Crippen LogP) is 2.30. The van der Waals surface area contributed by atoms with Gasteiger partial charge < -0.3 is 20.6 Å². The number of carbonyl (C=O) groups is 3. The van der Waals surface area contributed by atoms with Gasteiger partial charge in [-0.05, 0) is 50.8 Å². The molecule has 2 atom stereocenters. The lowest BCUT2D eigenvalue weighted by Gasteiger charge is -2.36. The monoisotopic (exact) mass is 345 g/mol. The van der Waals surface area contributed by atoms with Gasteiger partial charge in [-0.2, -0.15) is 0 Å². The Labute approximate surface area is 146 Å². The lowest BCUT2D eigenvalue weighted by molar-refractivity contribution is -0.143. The largest absolute Gasteiger partial charge is 0.481 e. The van der Waals surface area contributed by atoms with Gasteiger partial charge in [-0.1, -0.05) is 6.07 Å². The van der Waals surface area contributed by atoms with Crippen molar-refractivity contribution in [2.45, 2.75) is 44.7 Å². The molecule has 3 rings (SSSR count). The number of carboxylic acids is 1. The van der Waals surface area contributed by atoms with Gasteiger partial charge in [-0.15, -0.1) is 0 Å². The number of carboxylic acid groups (broad SMARTS) is 1. The number of hydrogen-bond donors (Lipinski definition) is 3. The summed E-state index contributed by atoms with van der Waals surface area (Å²) in [5.74, 6) is -1.59. The Kier molecular flexibility index (Phi) is 4.92. The Hall–Kier alpha value is -2.57. The van der Waals surface area contributed by atoms with E-state index < -0.39 is 11.9 Å². The second-order valence-electron chi connectivity index (χ2n) is 6.87. The fraction of sp³-hybridized carbons (Fsp3) is 0.500. The van der Waals surface area contributed by atoms with E-state index in [0.29, 0.717) is 24.1 Å². The first kappa shape index (κ1) is 17.3. The fourth-order valence-corrected chi connectivity index (χ4v) is 3.07. The van der Waals surface area contributed by atoms with Crippen LogP contribution in [0.3, 0.4) is 0 Å². The van der Waals surface area contributed by atoms with Crippen molar-refractivity contribution in [2.75, 3.05) is 11.9 Å². The molecule has 0 bridgehead atoms. The third-order valence-electron chi connectivity index (χ3n) is 4.77.